The Kier molecular flexibility index (Phi) is 4.17. The van der Waals surface area contributed by atoms with E-state index < -0.39 is 0 Å². The minimum Gasteiger partial charge on any atom is -0.361 e. The molecule has 0 unspecified atom stereocenters. The van der Waals surface area contributed by atoms with Gasteiger partial charge in [0.2, 0.25) is 0 Å². The van der Waals surface area contributed by atoms with E-state index in [4.69, 9.17) is 9.51 Å². The number of hydrogen-bond donors (Lipinski definition) is 0. The summed E-state index contributed by atoms with van der Waals surface area (Å²) in [4.78, 5) is 9.73. The van der Waals surface area contributed by atoms with Crippen LogP contribution in [0.5, 0.6) is 0 Å². The highest BCUT2D eigenvalue weighted by atomic mass is 16.5. The van der Waals surface area contributed by atoms with Gasteiger partial charge in [-0.15, -0.1) is 0 Å². The van der Waals surface area contributed by atoms with Crippen molar-refractivity contribution in [1.29, 1.82) is 0 Å². The number of aryl methyl sites for hydroxylation is 2. The lowest BCUT2D eigenvalue weighted by atomic mass is 9.96. The van der Waals surface area contributed by atoms with E-state index in [2.05, 4.69) is 40.5 Å². The second-order valence-electron chi connectivity index (χ2n) is 7.04. The maximum absolute atomic E-state index is 5.40. The van der Waals surface area contributed by atoms with E-state index in [-0.39, 0.29) is 0 Å². The number of fused-ring (bicyclic) bond motifs is 1. The van der Waals surface area contributed by atoms with Crippen molar-refractivity contribution >= 4 is 10.9 Å². The Labute approximate surface area is 168 Å². The van der Waals surface area contributed by atoms with Crippen LogP contribution in [0.15, 0.2) is 83.5 Å². The van der Waals surface area contributed by atoms with Crippen LogP contribution in [-0.4, -0.2) is 15.1 Å². The Morgan fingerprint density at radius 3 is 2.10 bits per heavy atom. The molecule has 0 fully saturated rings. The van der Waals surface area contributed by atoms with E-state index in [1.54, 1.807) is 6.20 Å². The summed E-state index contributed by atoms with van der Waals surface area (Å²) >= 11 is 0. The van der Waals surface area contributed by atoms with Crippen LogP contribution in [-0.2, 0) is 0 Å². The number of pyridine rings is 2. The molecule has 4 heteroatoms. The third-order valence-corrected chi connectivity index (χ3v) is 5.15. The molecule has 0 atom stereocenters. The number of hydrogen-bond acceptors (Lipinski definition) is 4. The van der Waals surface area contributed by atoms with Gasteiger partial charge in [-0.1, -0.05) is 65.8 Å². The largest absolute Gasteiger partial charge is 0.361 e. The van der Waals surface area contributed by atoms with Crippen molar-refractivity contribution in [2.45, 2.75) is 13.8 Å². The zero-order valence-electron chi connectivity index (χ0n) is 16.3. The molecule has 140 valence electrons. The number of aromatic nitrogens is 3. The fraction of sp³-hybridized carbons (Fsp3) is 0.0800. The Bertz CT molecular complexity index is 1290. The van der Waals surface area contributed by atoms with Crippen molar-refractivity contribution in [2.75, 3.05) is 0 Å². The Morgan fingerprint density at radius 1 is 0.759 bits per heavy atom. The van der Waals surface area contributed by atoms with Crippen LogP contribution >= 0.6 is 0 Å². The van der Waals surface area contributed by atoms with Crippen molar-refractivity contribution in [3.63, 3.8) is 0 Å². The summed E-state index contributed by atoms with van der Waals surface area (Å²) in [6.45, 7) is 3.86. The average molecular weight is 377 g/mol. The zero-order chi connectivity index (χ0) is 19.8. The van der Waals surface area contributed by atoms with Gasteiger partial charge >= 0.3 is 0 Å². The molecule has 0 bridgehead atoms. The van der Waals surface area contributed by atoms with Crippen LogP contribution in [0.3, 0.4) is 0 Å². The highest BCUT2D eigenvalue weighted by molar-refractivity contribution is 5.99. The average Bonchev–Trinajstić information content (AvgIpc) is 3.11. The Balaban J connectivity index is 1.86. The first-order valence-corrected chi connectivity index (χ1v) is 9.56. The first kappa shape index (κ1) is 17.3. The van der Waals surface area contributed by atoms with E-state index in [1.165, 1.54) is 0 Å². The van der Waals surface area contributed by atoms with Gasteiger partial charge in [0.05, 0.1) is 28.2 Å². The zero-order valence-corrected chi connectivity index (χ0v) is 16.3. The molecule has 0 spiro atoms. The molecule has 2 aromatic carbocycles. The molecular weight excluding hydrogens is 358 g/mol. The molecular formula is C25H19N3O. The molecule has 5 rings (SSSR count). The van der Waals surface area contributed by atoms with Crippen molar-refractivity contribution in [2.24, 2.45) is 0 Å². The molecule has 3 aromatic heterocycles. The molecule has 0 radical (unpaired) electrons. The second-order valence-corrected chi connectivity index (χ2v) is 7.04. The van der Waals surface area contributed by atoms with Gasteiger partial charge in [-0.25, -0.2) is 4.98 Å². The standard InChI is InChI=1S/C25H19N3O/c1-16-23(17(2)29-28-16)25-21-15-20(18-9-5-3-6-10-18)24(19-11-7-4-8-12-19)27-22(21)13-14-26-25/h3-15H,1-2H3. The van der Waals surface area contributed by atoms with Crippen LogP contribution in [0.1, 0.15) is 11.5 Å². The number of nitrogens with zero attached hydrogens (tertiary/aromatic N) is 3. The molecule has 0 aliphatic heterocycles. The maximum atomic E-state index is 5.40. The monoisotopic (exact) mass is 377 g/mol. The molecule has 0 aliphatic carbocycles. The molecule has 0 aliphatic rings. The lowest BCUT2D eigenvalue weighted by Gasteiger charge is -2.13. The second kappa shape index (κ2) is 6.99. The molecule has 5 aromatic rings. The highest BCUT2D eigenvalue weighted by Gasteiger charge is 2.18. The van der Waals surface area contributed by atoms with E-state index >= 15 is 0 Å². The topological polar surface area (TPSA) is 51.8 Å². The van der Waals surface area contributed by atoms with E-state index in [9.17, 15) is 0 Å². The smallest absolute Gasteiger partial charge is 0.143 e. The molecule has 4 nitrogen and oxygen atoms in total. The van der Waals surface area contributed by atoms with Crippen molar-refractivity contribution in [3.05, 3.63) is 90.4 Å². The van der Waals surface area contributed by atoms with Crippen LogP contribution < -0.4 is 0 Å². The minimum atomic E-state index is 0.760. The lowest BCUT2D eigenvalue weighted by Crippen LogP contribution is -1.95. The van der Waals surface area contributed by atoms with Gasteiger partial charge in [0.1, 0.15) is 5.76 Å². The fourth-order valence-electron chi connectivity index (χ4n) is 3.77. The molecule has 0 saturated heterocycles. The van der Waals surface area contributed by atoms with E-state index in [0.717, 1.165) is 56.0 Å². The molecule has 0 amide bonds. The summed E-state index contributed by atoms with van der Waals surface area (Å²) < 4.78 is 5.40. The third-order valence-electron chi connectivity index (χ3n) is 5.15. The molecule has 29 heavy (non-hydrogen) atoms. The van der Waals surface area contributed by atoms with E-state index in [0.29, 0.717) is 0 Å². The SMILES string of the molecule is Cc1noc(C)c1-c1nccc2nc(-c3ccccc3)c(-c3ccccc3)cc12. The predicted octanol–water partition coefficient (Wildman–Crippen LogP) is 6.24. The van der Waals surface area contributed by atoms with Gasteiger partial charge in [-0.3, -0.25) is 4.98 Å². The van der Waals surface area contributed by atoms with Gasteiger partial charge in [0.25, 0.3) is 0 Å². The first-order chi connectivity index (χ1) is 14.2. The summed E-state index contributed by atoms with van der Waals surface area (Å²) in [7, 11) is 0. The summed E-state index contributed by atoms with van der Waals surface area (Å²) in [5.41, 5.74) is 7.75. The van der Waals surface area contributed by atoms with E-state index in [1.807, 2.05) is 56.3 Å². The van der Waals surface area contributed by atoms with Gasteiger partial charge in [-0.2, -0.15) is 0 Å². The van der Waals surface area contributed by atoms with Crippen LogP contribution in [0, 0.1) is 13.8 Å². The summed E-state index contributed by atoms with van der Waals surface area (Å²) in [5, 5.41) is 5.10. The van der Waals surface area contributed by atoms with Crippen molar-refractivity contribution < 1.29 is 4.52 Å². The van der Waals surface area contributed by atoms with Crippen molar-refractivity contribution in [3.8, 4) is 33.6 Å². The fourth-order valence-corrected chi connectivity index (χ4v) is 3.77. The predicted molar refractivity (Wildman–Crippen MR) is 115 cm³/mol. The van der Waals surface area contributed by atoms with Crippen molar-refractivity contribution in [1.82, 2.24) is 15.1 Å². The summed E-state index contributed by atoms with van der Waals surface area (Å²) in [5.74, 6) is 0.760. The van der Waals surface area contributed by atoms with Gasteiger partial charge in [0, 0.05) is 22.7 Å². The van der Waals surface area contributed by atoms with Crippen LogP contribution in [0.25, 0.3) is 44.5 Å². The quantitative estimate of drug-likeness (QED) is 0.374. The highest BCUT2D eigenvalue weighted by Crippen LogP contribution is 2.37. The minimum absolute atomic E-state index is 0.760. The summed E-state index contributed by atoms with van der Waals surface area (Å²) in [6, 6.07) is 24.8. The molecule has 0 saturated carbocycles. The molecule has 3 heterocycles. The maximum Gasteiger partial charge on any atom is 0.143 e. The third kappa shape index (κ3) is 2.99. The van der Waals surface area contributed by atoms with Gasteiger partial charge in [-0.05, 0) is 31.5 Å². The molecule has 0 N–H and O–H groups in total. The number of rotatable bonds is 3. The van der Waals surface area contributed by atoms with Gasteiger partial charge in [0.15, 0.2) is 0 Å². The Morgan fingerprint density at radius 2 is 1.45 bits per heavy atom. The van der Waals surface area contributed by atoms with Crippen LogP contribution in [0.2, 0.25) is 0 Å². The first-order valence-electron chi connectivity index (χ1n) is 9.56. The lowest BCUT2D eigenvalue weighted by molar-refractivity contribution is 0.393. The normalized spacial score (nSPS) is 11.1. The number of benzene rings is 2. The summed E-state index contributed by atoms with van der Waals surface area (Å²) in [6.07, 6.45) is 1.80. The van der Waals surface area contributed by atoms with Gasteiger partial charge < -0.3 is 4.52 Å². The van der Waals surface area contributed by atoms with Crippen LogP contribution in [0.4, 0.5) is 0 Å². The Hall–Kier alpha value is -3.79.